The lowest BCUT2D eigenvalue weighted by Crippen LogP contribution is -2.48. The van der Waals surface area contributed by atoms with E-state index in [1.165, 1.54) is 12.3 Å². The Balaban J connectivity index is 1.47. The molecule has 27 heavy (non-hydrogen) atoms. The fourth-order valence-corrected chi connectivity index (χ4v) is 3.54. The third-order valence-electron chi connectivity index (χ3n) is 4.81. The molecule has 144 valence electrons. The van der Waals surface area contributed by atoms with Crippen LogP contribution in [0, 0.1) is 12.7 Å². The van der Waals surface area contributed by atoms with E-state index in [1.807, 2.05) is 17.9 Å². The van der Waals surface area contributed by atoms with E-state index < -0.39 is 5.82 Å². The molecule has 2 aromatic heterocycles. The van der Waals surface area contributed by atoms with Gasteiger partial charge in [-0.05, 0) is 13.0 Å². The lowest BCUT2D eigenvalue weighted by atomic mass is 10.3. The molecule has 2 saturated heterocycles. The highest BCUT2D eigenvalue weighted by Crippen LogP contribution is 2.23. The van der Waals surface area contributed by atoms with Crippen LogP contribution in [-0.4, -0.2) is 67.4 Å². The first-order valence-electron chi connectivity index (χ1n) is 9.09. The number of aryl methyl sites for hydroxylation is 1. The lowest BCUT2D eigenvalue weighted by Gasteiger charge is -2.36. The van der Waals surface area contributed by atoms with E-state index in [0.717, 1.165) is 43.8 Å². The number of morpholine rings is 1. The third kappa shape index (κ3) is 4.06. The molecule has 2 aromatic rings. The summed E-state index contributed by atoms with van der Waals surface area (Å²) in [5.74, 6) is 1.62. The highest BCUT2D eigenvalue weighted by molar-refractivity contribution is 6.30. The van der Waals surface area contributed by atoms with Gasteiger partial charge in [0.1, 0.15) is 5.82 Å². The van der Waals surface area contributed by atoms with Gasteiger partial charge in [0.25, 0.3) is 0 Å². The summed E-state index contributed by atoms with van der Waals surface area (Å²) >= 11 is 5.80. The fourth-order valence-electron chi connectivity index (χ4n) is 3.39. The van der Waals surface area contributed by atoms with Gasteiger partial charge in [-0.2, -0.15) is 4.98 Å². The molecule has 0 N–H and O–H groups in total. The highest BCUT2D eigenvalue weighted by Gasteiger charge is 2.23. The van der Waals surface area contributed by atoms with Gasteiger partial charge < -0.3 is 19.4 Å². The standard InChI is InChI=1S/C18H22ClFN6O/c1-13-10-16(24-6-8-27-9-7-24)23-18(22-13)26-4-2-25(3-5-26)17-15(20)11-14(19)12-21-17/h10-12H,2-9H2,1H3. The Morgan fingerprint density at radius 1 is 0.963 bits per heavy atom. The number of hydrogen-bond acceptors (Lipinski definition) is 7. The van der Waals surface area contributed by atoms with Gasteiger partial charge in [0.2, 0.25) is 5.95 Å². The molecule has 4 rings (SSSR count). The van der Waals surface area contributed by atoms with Crippen molar-refractivity contribution in [2.45, 2.75) is 6.92 Å². The first kappa shape index (κ1) is 18.2. The average Bonchev–Trinajstić information content (AvgIpc) is 2.68. The molecule has 7 nitrogen and oxygen atoms in total. The number of piperazine rings is 1. The summed E-state index contributed by atoms with van der Waals surface area (Å²) in [4.78, 5) is 19.8. The minimum absolute atomic E-state index is 0.304. The molecule has 0 radical (unpaired) electrons. The molecule has 0 aliphatic carbocycles. The molecule has 2 aliphatic heterocycles. The topological polar surface area (TPSA) is 57.6 Å². The van der Waals surface area contributed by atoms with Crippen LogP contribution in [-0.2, 0) is 4.74 Å². The number of pyridine rings is 1. The van der Waals surface area contributed by atoms with Crippen molar-refractivity contribution in [3.63, 3.8) is 0 Å². The maximum Gasteiger partial charge on any atom is 0.227 e. The Kier molecular flexibility index (Phi) is 5.27. The van der Waals surface area contributed by atoms with Gasteiger partial charge in [0, 0.05) is 57.2 Å². The molecule has 0 saturated carbocycles. The molecule has 0 amide bonds. The minimum atomic E-state index is -0.391. The van der Waals surface area contributed by atoms with E-state index in [-0.39, 0.29) is 0 Å². The smallest absolute Gasteiger partial charge is 0.227 e. The van der Waals surface area contributed by atoms with E-state index in [0.29, 0.717) is 37.0 Å². The van der Waals surface area contributed by atoms with Crippen LogP contribution in [0.4, 0.5) is 22.0 Å². The van der Waals surface area contributed by atoms with Crippen LogP contribution in [0.2, 0.25) is 5.02 Å². The first-order chi connectivity index (χ1) is 13.1. The molecule has 0 spiro atoms. The Hall–Kier alpha value is -2.19. The second-order valence-corrected chi connectivity index (χ2v) is 7.14. The number of hydrogen-bond donors (Lipinski definition) is 0. The largest absolute Gasteiger partial charge is 0.378 e. The Bertz CT molecular complexity index is 808. The van der Waals surface area contributed by atoms with Gasteiger partial charge in [0.05, 0.1) is 18.2 Å². The number of halogens is 2. The zero-order valence-electron chi connectivity index (χ0n) is 15.2. The molecule has 0 atom stereocenters. The van der Waals surface area contributed by atoms with Gasteiger partial charge in [-0.1, -0.05) is 11.6 Å². The Labute approximate surface area is 162 Å². The third-order valence-corrected chi connectivity index (χ3v) is 5.02. The minimum Gasteiger partial charge on any atom is -0.378 e. The van der Waals surface area contributed by atoms with Crippen molar-refractivity contribution in [2.24, 2.45) is 0 Å². The van der Waals surface area contributed by atoms with Crippen molar-refractivity contribution in [3.8, 4) is 0 Å². The lowest BCUT2D eigenvalue weighted by molar-refractivity contribution is 0.122. The van der Waals surface area contributed by atoms with E-state index in [4.69, 9.17) is 21.3 Å². The zero-order valence-corrected chi connectivity index (χ0v) is 16.0. The van der Waals surface area contributed by atoms with Crippen molar-refractivity contribution in [1.29, 1.82) is 0 Å². The van der Waals surface area contributed by atoms with Crippen LogP contribution < -0.4 is 14.7 Å². The second kappa shape index (κ2) is 7.82. The molecule has 0 unspecified atom stereocenters. The summed E-state index contributed by atoms with van der Waals surface area (Å²) in [6.45, 7) is 7.80. The van der Waals surface area contributed by atoms with Crippen LogP contribution >= 0.6 is 11.6 Å². The number of rotatable bonds is 3. The zero-order chi connectivity index (χ0) is 18.8. The second-order valence-electron chi connectivity index (χ2n) is 6.70. The summed E-state index contributed by atoms with van der Waals surface area (Å²) in [6.07, 6.45) is 1.48. The van der Waals surface area contributed by atoms with E-state index in [2.05, 4.69) is 19.8 Å². The molecule has 9 heteroatoms. The van der Waals surface area contributed by atoms with Gasteiger partial charge >= 0.3 is 0 Å². The van der Waals surface area contributed by atoms with Gasteiger partial charge in [-0.25, -0.2) is 14.4 Å². The van der Waals surface area contributed by atoms with Gasteiger partial charge in [0.15, 0.2) is 11.6 Å². The maximum atomic E-state index is 14.1. The summed E-state index contributed by atoms with van der Waals surface area (Å²) < 4.78 is 19.5. The van der Waals surface area contributed by atoms with Crippen LogP contribution in [0.25, 0.3) is 0 Å². The molecule has 4 heterocycles. The maximum absolute atomic E-state index is 14.1. The van der Waals surface area contributed by atoms with Gasteiger partial charge in [-0.15, -0.1) is 0 Å². The Morgan fingerprint density at radius 2 is 1.67 bits per heavy atom. The summed E-state index contributed by atoms with van der Waals surface area (Å²) in [7, 11) is 0. The van der Waals surface area contributed by atoms with E-state index in [1.54, 1.807) is 0 Å². The van der Waals surface area contributed by atoms with Crippen molar-refractivity contribution in [1.82, 2.24) is 15.0 Å². The van der Waals surface area contributed by atoms with Crippen LogP contribution in [0.5, 0.6) is 0 Å². The van der Waals surface area contributed by atoms with Crippen molar-refractivity contribution in [2.75, 3.05) is 67.2 Å². The van der Waals surface area contributed by atoms with Crippen molar-refractivity contribution in [3.05, 3.63) is 34.9 Å². The SMILES string of the molecule is Cc1cc(N2CCOCC2)nc(N2CCN(c3ncc(Cl)cc3F)CC2)n1. The Morgan fingerprint density at radius 3 is 2.37 bits per heavy atom. The normalized spacial score (nSPS) is 18.1. The van der Waals surface area contributed by atoms with E-state index in [9.17, 15) is 4.39 Å². The van der Waals surface area contributed by atoms with Gasteiger partial charge in [-0.3, -0.25) is 0 Å². The number of anilines is 3. The first-order valence-corrected chi connectivity index (χ1v) is 9.47. The number of nitrogens with zero attached hydrogens (tertiary/aromatic N) is 6. The summed E-state index contributed by atoms with van der Waals surface area (Å²) in [5.41, 5.74) is 0.939. The summed E-state index contributed by atoms with van der Waals surface area (Å²) in [6, 6.07) is 3.31. The molecular weight excluding hydrogens is 371 g/mol. The fraction of sp³-hybridized carbons (Fsp3) is 0.500. The summed E-state index contributed by atoms with van der Waals surface area (Å²) in [5, 5.41) is 0.304. The molecule has 0 aromatic carbocycles. The monoisotopic (exact) mass is 392 g/mol. The van der Waals surface area contributed by atoms with Crippen molar-refractivity contribution >= 4 is 29.2 Å². The molecular formula is C18H22ClFN6O. The molecule has 2 fully saturated rings. The predicted octanol–water partition coefficient (Wildman–Crippen LogP) is 2.14. The van der Waals surface area contributed by atoms with Crippen LogP contribution in [0.1, 0.15) is 5.69 Å². The van der Waals surface area contributed by atoms with Crippen molar-refractivity contribution < 1.29 is 9.13 Å². The predicted molar refractivity (Wildman–Crippen MR) is 103 cm³/mol. The molecule has 2 aliphatic rings. The quantitative estimate of drug-likeness (QED) is 0.793. The van der Waals surface area contributed by atoms with Crippen LogP contribution in [0.15, 0.2) is 18.3 Å². The highest BCUT2D eigenvalue weighted by atomic mass is 35.5. The average molecular weight is 393 g/mol. The van der Waals surface area contributed by atoms with Crippen LogP contribution in [0.3, 0.4) is 0 Å². The number of ether oxygens (including phenoxy) is 1. The number of aromatic nitrogens is 3. The van der Waals surface area contributed by atoms with E-state index >= 15 is 0 Å². The molecule has 0 bridgehead atoms.